The number of unbranched alkanes of at least 4 members (excludes halogenated alkanes) is 3. The van der Waals surface area contributed by atoms with Gasteiger partial charge in [-0.25, -0.2) is 4.79 Å². The van der Waals surface area contributed by atoms with Crippen LogP contribution in [0.5, 0.6) is 0 Å². The molecule has 0 bridgehead atoms. The lowest BCUT2D eigenvalue weighted by Crippen LogP contribution is -2.42. The Bertz CT molecular complexity index is 487. The molecule has 1 aromatic rings. The molecule has 2 heterocycles. The monoisotopic (exact) mass is 310 g/mol. The summed E-state index contributed by atoms with van der Waals surface area (Å²) in [5, 5.41) is 13.6. The van der Waals surface area contributed by atoms with Gasteiger partial charge in [0, 0.05) is 30.9 Å². The second-order valence-corrected chi connectivity index (χ2v) is 6.33. The molecule has 1 aromatic heterocycles. The van der Waals surface area contributed by atoms with Gasteiger partial charge in [-0.15, -0.1) is 11.3 Å². The Labute approximate surface area is 129 Å². The summed E-state index contributed by atoms with van der Waals surface area (Å²) in [5.74, 6) is -0.735. The molecule has 1 aliphatic heterocycles. The molecular formula is C15H22N2O3S. The maximum atomic E-state index is 12.0. The number of urea groups is 1. The Morgan fingerprint density at radius 1 is 1.29 bits per heavy atom. The van der Waals surface area contributed by atoms with E-state index in [0.29, 0.717) is 13.1 Å². The largest absolute Gasteiger partial charge is 0.481 e. The first kappa shape index (κ1) is 15.8. The molecule has 116 valence electrons. The maximum absolute atomic E-state index is 12.0. The van der Waals surface area contributed by atoms with Crippen molar-refractivity contribution in [2.24, 2.45) is 0 Å². The summed E-state index contributed by atoms with van der Waals surface area (Å²) in [7, 11) is 0. The smallest absolute Gasteiger partial charge is 0.317 e. The molecule has 0 unspecified atom stereocenters. The van der Waals surface area contributed by atoms with E-state index < -0.39 is 5.97 Å². The number of rotatable bonds is 7. The predicted molar refractivity (Wildman–Crippen MR) is 82.6 cm³/mol. The maximum Gasteiger partial charge on any atom is 0.317 e. The number of carbonyl (C=O) groups excluding carboxylic acids is 1. The highest BCUT2D eigenvalue weighted by atomic mass is 32.1. The van der Waals surface area contributed by atoms with Crippen molar-refractivity contribution in [1.82, 2.24) is 10.2 Å². The van der Waals surface area contributed by atoms with Gasteiger partial charge < -0.3 is 15.3 Å². The molecule has 21 heavy (non-hydrogen) atoms. The number of carboxylic acid groups (broad SMARTS) is 1. The standard InChI is InChI=1S/C15H22N2O3S/c18-14(19)5-3-1-2-4-8-16-15(20)17-9-6-13-12(11-17)7-10-21-13/h7,10H,1-6,8-9,11H2,(H,16,20)(H,18,19). The fraction of sp³-hybridized carbons (Fsp3) is 0.600. The highest BCUT2D eigenvalue weighted by molar-refractivity contribution is 7.10. The van der Waals surface area contributed by atoms with Gasteiger partial charge in [0.05, 0.1) is 0 Å². The number of amides is 2. The molecule has 0 saturated heterocycles. The molecule has 0 radical (unpaired) electrons. The zero-order valence-electron chi connectivity index (χ0n) is 12.1. The van der Waals surface area contributed by atoms with Crippen LogP contribution in [0.25, 0.3) is 0 Å². The number of hydrogen-bond donors (Lipinski definition) is 2. The molecule has 2 N–H and O–H groups in total. The fourth-order valence-electron chi connectivity index (χ4n) is 2.48. The van der Waals surface area contributed by atoms with Crippen molar-refractivity contribution >= 4 is 23.3 Å². The molecule has 0 saturated carbocycles. The minimum Gasteiger partial charge on any atom is -0.481 e. The van der Waals surface area contributed by atoms with E-state index in [2.05, 4.69) is 16.8 Å². The molecule has 0 spiro atoms. The summed E-state index contributed by atoms with van der Waals surface area (Å²) >= 11 is 1.77. The second kappa shape index (κ2) is 8.02. The normalized spacial score (nSPS) is 13.8. The van der Waals surface area contributed by atoms with Crippen molar-refractivity contribution in [3.63, 3.8) is 0 Å². The number of nitrogens with zero attached hydrogens (tertiary/aromatic N) is 1. The van der Waals surface area contributed by atoms with Gasteiger partial charge in [-0.2, -0.15) is 0 Å². The highest BCUT2D eigenvalue weighted by Gasteiger charge is 2.20. The average Bonchev–Trinajstić information content (AvgIpc) is 2.93. The van der Waals surface area contributed by atoms with Gasteiger partial charge in [0.2, 0.25) is 0 Å². The molecule has 2 amide bonds. The summed E-state index contributed by atoms with van der Waals surface area (Å²) < 4.78 is 0. The molecule has 0 fully saturated rings. The first-order valence-electron chi connectivity index (χ1n) is 7.46. The van der Waals surface area contributed by atoms with Gasteiger partial charge in [-0.1, -0.05) is 12.8 Å². The highest BCUT2D eigenvalue weighted by Crippen LogP contribution is 2.23. The van der Waals surface area contributed by atoms with Gasteiger partial charge in [0.1, 0.15) is 0 Å². The van der Waals surface area contributed by atoms with Crippen LogP contribution in [0.1, 0.15) is 42.5 Å². The third-order valence-electron chi connectivity index (χ3n) is 3.69. The van der Waals surface area contributed by atoms with E-state index in [-0.39, 0.29) is 12.5 Å². The molecule has 1 aliphatic rings. The van der Waals surface area contributed by atoms with Crippen LogP contribution in [0.15, 0.2) is 11.4 Å². The number of carboxylic acids is 1. The quantitative estimate of drug-likeness (QED) is 0.761. The van der Waals surface area contributed by atoms with E-state index in [4.69, 9.17) is 5.11 Å². The van der Waals surface area contributed by atoms with Gasteiger partial charge >= 0.3 is 12.0 Å². The minimum atomic E-state index is -0.735. The summed E-state index contributed by atoms with van der Waals surface area (Å²) in [6.07, 6.45) is 4.68. The molecular weight excluding hydrogens is 288 g/mol. The number of fused-ring (bicyclic) bond motifs is 1. The molecule has 0 aromatic carbocycles. The third-order valence-corrected chi connectivity index (χ3v) is 4.71. The first-order chi connectivity index (χ1) is 10.2. The lowest BCUT2D eigenvalue weighted by molar-refractivity contribution is -0.137. The number of aliphatic carboxylic acids is 1. The van der Waals surface area contributed by atoms with E-state index in [1.54, 1.807) is 11.3 Å². The second-order valence-electron chi connectivity index (χ2n) is 5.33. The summed E-state index contributed by atoms with van der Waals surface area (Å²) in [6, 6.07) is 2.11. The van der Waals surface area contributed by atoms with Gasteiger partial charge in [0.15, 0.2) is 0 Å². The third kappa shape index (κ3) is 5.04. The van der Waals surface area contributed by atoms with Crippen molar-refractivity contribution in [3.8, 4) is 0 Å². The van der Waals surface area contributed by atoms with Crippen LogP contribution < -0.4 is 5.32 Å². The van der Waals surface area contributed by atoms with Gasteiger partial charge in [-0.05, 0) is 36.3 Å². The Kier molecular flexibility index (Phi) is 6.04. The van der Waals surface area contributed by atoms with E-state index >= 15 is 0 Å². The average molecular weight is 310 g/mol. The topological polar surface area (TPSA) is 69.6 Å². The number of carbonyl (C=O) groups is 2. The van der Waals surface area contributed by atoms with E-state index in [9.17, 15) is 9.59 Å². The van der Waals surface area contributed by atoms with Crippen molar-refractivity contribution in [3.05, 3.63) is 21.9 Å². The van der Waals surface area contributed by atoms with Crippen LogP contribution in [0.3, 0.4) is 0 Å². The van der Waals surface area contributed by atoms with E-state index in [1.807, 2.05) is 4.90 Å². The van der Waals surface area contributed by atoms with Crippen LogP contribution in [-0.4, -0.2) is 35.1 Å². The minimum absolute atomic E-state index is 0.0115. The number of nitrogens with one attached hydrogen (secondary N) is 1. The molecule has 2 rings (SSSR count). The summed E-state index contributed by atoms with van der Waals surface area (Å²) in [5.41, 5.74) is 1.27. The zero-order chi connectivity index (χ0) is 15.1. The van der Waals surface area contributed by atoms with Gasteiger partial charge in [0.25, 0.3) is 0 Å². The Morgan fingerprint density at radius 2 is 2.10 bits per heavy atom. The van der Waals surface area contributed by atoms with Gasteiger partial charge in [-0.3, -0.25) is 4.79 Å². The lowest BCUT2D eigenvalue weighted by Gasteiger charge is -2.27. The summed E-state index contributed by atoms with van der Waals surface area (Å²) in [6.45, 7) is 2.17. The molecule has 0 aliphatic carbocycles. The molecule has 6 heteroatoms. The van der Waals surface area contributed by atoms with Crippen molar-refractivity contribution in [2.45, 2.75) is 45.1 Å². The SMILES string of the molecule is O=C(O)CCCCCCNC(=O)N1CCc2sccc2C1. The molecule has 5 nitrogen and oxygen atoms in total. The number of thiophene rings is 1. The number of hydrogen-bond acceptors (Lipinski definition) is 3. The Hall–Kier alpha value is -1.56. The van der Waals surface area contributed by atoms with Crippen molar-refractivity contribution in [1.29, 1.82) is 0 Å². The fourth-order valence-corrected chi connectivity index (χ4v) is 3.37. The predicted octanol–water partition coefficient (Wildman–Crippen LogP) is 2.85. The van der Waals surface area contributed by atoms with Crippen LogP contribution in [0.4, 0.5) is 4.79 Å². The van der Waals surface area contributed by atoms with E-state index in [0.717, 1.165) is 38.6 Å². The first-order valence-corrected chi connectivity index (χ1v) is 8.34. The molecule has 0 atom stereocenters. The van der Waals surface area contributed by atoms with Crippen molar-refractivity contribution in [2.75, 3.05) is 13.1 Å². The Balaban J connectivity index is 1.57. The van der Waals surface area contributed by atoms with Crippen LogP contribution in [0.2, 0.25) is 0 Å². The van der Waals surface area contributed by atoms with Crippen LogP contribution in [0, 0.1) is 0 Å². The van der Waals surface area contributed by atoms with Crippen LogP contribution >= 0.6 is 11.3 Å². The van der Waals surface area contributed by atoms with Crippen molar-refractivity contribution < 1.29 is 14.7 Å². The Morgan fingerprint density at radius 3 is 2.90 bits per heavy atom. The van der Waals surface area contributed by atoms with E-state index in [1.165, 1.54) is 10.4 Å². The summed E-state index contributed by atoms with van der Waals surface area (Å²) in [4.78, 5) is 25.7. The van der Waals surface area contributed by atoms with Crippen LogP contribution in [-0.2, 0) is 17.8 Å². The zero-order valence-corrected chi connectivity index (χ0v) is 13.0. The lowest BCUT2D eigenvalue weighted by atomic mass is 10.1.